The summed E-state index contributed by atoms with van der Waals surface area (Å²) in [6, 6.07) is 5.82. The Balaban J connectivity index is 1.49. The molecule has 1 aromatic carbocycles. The van der Waals surface area contributed by atoms with Crippen molar-refractivity contribution < 1.29 is 26.4 Å². The predicted octanol–water partition coefficient (Wildman–Crippen LogP) is 4.84. The normalized spacial score (nSPS) is 14.6. The number of alkyl halides is 3. The van der Waals surface area contributed by atoms with Gasteiger partial charge in [0.05, 0.1) is 34.6 Å². The first-order valence-corrected chi connectivity index (χ1v) is 13.0. The lowest BCUT2D eigenvalue weighted by Crippen LogP contribution is -2.41. The molecule has 0 spiro atoms. The number of carbonyl (C=O) groups excluding carboxylic acids is 1. The van der Waals surface area contributed by atoms with Crippen LogP contribution in [0.25, 0.3) is 11.3 Å². The highest BCUT2D eigenvalue weighted by Crippen LogP contribution is 2.37. The number of nitrogens with zero attached hydrogens (tertiary/aromatic N) is 3. The fraction of sp³-hybridized carbons (Fsp3) is 0.333. The molecule has 0 unspecified atom stereocenters. The molecule has 14 heteroatoms. The van der Waals surface area contributed by atoms with Crippen molar-refractivity contribution in [3.05, 3.63) is 57.9 Å². The van der Waals surface area contributed by atoms with E-state index in [1.54, 1.807) is 13.8 Å². The number of sulfonamides is 1. The summed E-state index contributed by atoms with van der Waals surface area (Å²) in [7, 11) is -3.51. The van der Waals surface area contributed by atoms with Crippen molar-refractivity contribution in [3.8, 4) is 11.3 Å². The smallest absolute Gasteiger partial charge is 0.341 e. The second-order valence-corrected chi connectivity index (χ2v) is 12.0. The maximum Gasteiger partial charge on any atom is 0.434 e. The van der Waals surface area contributed by atoms with Crippen molar-refractivity contribution in [1.29, 1.82) is 0 Å². The predicted molar refractivity (Wildman–Crippen MR) is 126 cm³/mol. The number of benzene rings is 1. The first kappa shape index (κ1) is 25.3. The van der Waals surface area contributed by atoms with Gasteiger partial charge in [-0.15, -0.1) is 0 Å². The first-order valence-electron chi connectivity index (χ1n) is 10.3. The number of nitrogens with one attached hydrogen (secondary N) is 2. The van der Waals surface area contributed by atoms with E-state index in [0.29, 0.717) is 30.3 Å². The lowest BCUT2D eigenvalue weighted by atomic mass is 10.0. The van der Waals surface area contributed by atoms with Crippen molar-refractivity contribution in [2.75, 3.05) is 4.72 Å². The van der Waals surface area contributed by atoms with Crippen LogP contribution in [-0.4, -0.2) is 34.5 Å². The van der Waals surface area contributed by atoms with Gasteiger partial charge in [0.25, 0.3) is 5.91 Å². The van der Waals surface area contributed by atoms with Crippen LogP contribution in [0.2, 0.25) is 4.34 Å². The fourth-order valence-corrected chi connectivity index (χ4v) is 6.09. The van der Waals surface area contributed by atoms with Crippen LogP contribution >= 0.6 is 22.9 Å². The highest BCUT2D eigenvalue weighted by Gasteiger charge is 2.37. The van der Waals surface area contributed by atoms with E-state index in [9.17, 15) is 26.4 Å². The molecular weight excluding hydrogens is 527 g/mol. The molecule has 0 saturated heterocycles. The van der Waals surface area contributed by atoms with Crippen LogP contribution in [0.4, 0.5) is 18.3 Å². The molecule has 186 valence electrons. The minimum Gasteiger partial charge on any atom is -0.341 e. The molecule has 1 aliphatic carbocycles. The van der Waals surface area contributed by atoms with Crippen LogP contribution < -0.4 is 10.0 Å². The summed E-state index contributed by atoms with van der Waals surface area (Å²) in [5.74, 6) is -0.485. The molecule has 4 rings (SSSR count). The monoisotopic (exact) mass is 545 g/mol. The Morgan fingerprint density at radius 2 is 1.77 bits per heavy atom. The number of aromatic nitrogens is 3. The van der Waals surface area contributed by atoms with Crippen LogP contribution in [0.5, 0.6) is 0 Å². The minimum absolute atomic E-state index is 0.0162. The Morgan fingerprint density at radius 3 is 2.37 bits per heavy atom. The molecule has 0 aliphatic heterocycles. The van der Waals surface area contributed by atoms with Gasteiger partial charge in [-0.25, -0.2) is 18.4 Å². The van der Waals surface area contributed by atoms with Gasteiger partial charge < -0.3 is 5.32 Å². The second kappa shape index (κ2) is 9.03. The van der Waals surface area contributed by atoms with Crippen LogP contribution in [-0.2, 0) is 21.7 Å². The molecular formula is C21H19ClF3N5O3S2. The van der Waals surface area contributed by atoms with Crippen molar-refractivity contribution in [2.45, 2.75) is 43.7 Å². The van der Waals surface area contributed by atoms with Crippen LogP contribution in [0.3, 0.4) is 0 Å². The van der Waals surface area contributed by atoms with E-state index in [4.69, 9.17) is 11.6 Å². The Kier molecular flexibility index (Phi) is 6.53. The topological polar surface area (TPSA) is 114 Å². The summed E-state index contributed by atoms with van der Waals surface area (Å²) in [4.78, 5) is 24.3. The molecule has 35 heavy (non-hydrogen) atoms. The van der Waals surface area contributed by atoms with Gasteiger partial charge in [-0.05, 0) is 38.8 Å². The van der Waals surface area contributed by atoms with E-state index in [0.717, 1.165) is 11.3 Å². The average molecular weight is 546 g/mol. The maximum absolute atomic E-state index is 12.9. The standard InChI is InChI=1S/C21H19ClF3N5O3S2/c1-20(2,16-17(22)34-19(28-16)30-35(32,33)13-7-8-13)29-18(31)12-5-3-11(4-6-12)14-9-26-10-15(27-14)21(23,24)25/h3-6,9-10,13H,7-8H2,1-2H3,(H,28,30)(H,29,31). The third kappa shape index (κ3) is 5.73. The third-order valence-electron chi connectivity index (χ3n) is 5.16. The largest absolute Gasteiger partial charge is 0.434 e. The van der Waals surface area contributed by atoms with Crippen LogP contribution in [0.1, 0.15) is 48.4 Å². The molecule has 1 aliphatic rings. The van der Waals surface area contributed by atoms with E-state index in [1.165, 1.54) is 30.5 Å². The molecule has 2 heterocycles. The molecule has 2 aromatic heterocycles. The first-order chi connectivity index (χ1) is 16.3. The van der Waals surface area contributed by atoms with Crippen molar-refractivity contribution >= 4 is 44.0 Å². The van der Waals surface area contributed by atoms with Gasteiger partial charge in [0.15, 0.2) is 10.8 Å². The summed E-state index contributed by atoms with van der Waals surface area (Å²) >= 11 is 7.25. The number of rotatable bonds is 7. The second-order valence-electron chi connectivity index (χ2n) is 8.43. The average Bonchev–Trinajstić information content (AvgIpc) is 3.57. The lowest BCUT2D eigenvalue weighted by Gasteiger charge is -2.25. The number of carbonyl (C=O) groups is 1. The quantitative estimate of drug-likeness (QED) is 0.439. The minimum atomic E-state index is -4.62. The number of halogens is 4. The fourth-order valence-electron chi connectivity index (χ4n) is 3.16. The van der Waals surface area contributed by atoms with Gasteiger partial charge in [0.1, 0.15) is 4.34 Å². The van der Waals surface area contributed by atoms with Gasteiger partial charge in [-0.1, -0.05) is 35.1 Å². The molecule has 2 N–H and O–H groups in total. The van der Waals surface area contributed by atoms with Crippen LogP contribution in [0.15, 0.2) is 36.7 Å². The SMILES string of the molecule is CC(C)(NC(=O)c1ccc(-c2cncc(C(F)(F)F)n2)cc1)c1nc(NS(=O)(=O)C2CC2)sc1Cl. The number of hydrogen-bond acceptors (Lipinski definition) is 7. The molecule has 0 atom stereocenters. The molecule has 8 nitrogen and oxygen atoms in total. The van der Waals surface area contributed by atoms with E-state index >= 15 is 0 Å². The summed E-state index contributed by atoms with van der Waals surface area (Å²) in [6.07, 6.45) is -1.58. The summed E-state index contributed by atoms with van der Waals surface area (Å²) < 4.78 is 65.7. The number of amides is 1. The Labute approximate surface area is 208 Å². The van der Waals surface area contributed by atoms with E-state index < -0.39 is 38.6 Å². The number of hydrogen-bond donors (Lipinski definition) is 2. The van der Waals surface area contributed by atoms with Gasteiger partial charge in [-0.2, -0.15) is 13.2 Å². The van der Waals surface area contributed by atoms with E-state index in [1.807, 2.05) is 0 Å². The van der Waals surface area contributed by atoms with Crippen molar-refractivity contribution in [3.63, 3.8) is 0 Å². The summed E-state index contributed by atoms with van der Waals surface area (Å²) in [5, 5.41) is 2.49. The zero-order valence-corrected chi connectivity index (χ0v) is 20.7. The van der Waals surface area contributed by atoms with E-state index in [2.05, 4.69) is 25.0 Å². The van der Waals surface area contributed by atoms with E-state index in [-0.39, 0.29) is 20.7 Å². The Morgan fingerprint density at radius 1 is 1.11 bits per heavy atom. The molecule has 3 aromatic rings. The lowest BCUT2D eigenvalue weighted by molar-refractivity contribution is -0.141. The number of thiazole rings is 1. The third-order valence-corrected chi connectivity index (χ3v) is 8.29. The molecule has 1 fully saturated rings. The highest BCUT2D eigenvalue weighted by molar-refractivity contribution is 7.93. The summed E-state index contributed by atoms with van der Waals surface area (Å²) in [5.41, 5.74) is -1.27. The molecule has 0 bridgehead atoms. The Bertz CT molecular complexity index is 1370. The van der Waals surface area contributed by atoms with Gasteiger partial charge in [-0.3, -0.25) is 14.5 Å². The summed E-state index contributed by atoms with van der Waals surface area (Å²) in [6.45, 7) is 3.33. The Hall–Kier alpha value is -2.77. The molecule has 1 amide bonds. The van der Waals surface area contributed by atoms with Gasteiger partial charge in [0, 0.05) is 11.1 Å². The van der Waals surface area contributed by atoms with Crippen LogP contribution in [0, 0.1) is 0 Å². The van der Waals surface area contributed by atoms with Crippen molar-refractivity contribution in [1.82, 2.24) is 20.3 Å². The highest BCUT2D eigenvalue weighted by atomic mass is 35.5. The molecule has 1 saturated carbocycles. The zero-order chi connectivity index (χ0) is 25.6. The van der Waals surface area contributed by atoms with Gasteiger partial charge >= 0.3 is 6.18 Å². The van der Waals surface area contributed by atoms with Crippen molar-refractivity contribution in [2.24, 2.45) is 0 Å². The maximum atomic E-state index is 12.9. The van der Waals surface area contributed by atoms with Gasteiger partial charge in [0.2, 0.25) is 10.0 Å². The number of anilines is 1. The molecule has 0 radical (unpaired) electrons. The zero-order valence-electron chi connectivity index (χ0n) is 18.4.